The van der Waals surface area contributed by atoms with Gasteiger partial charge >= 0.3 is 0 Å². The minimum absolute atomic E-state index is 0.0137. The third-order valence-electron chi connectivity index (χ3n) is 1.22. The van der Waals surface area contributed by atoms with Gasteiger partial charge < -0.3 is 15.9 Å². The summed E-state index contributed by atoms with van der Waals surface area (Å²) in [5, 5.41) is 17.8. The highest BCUT2D eigenvalue weighted by Crippen LogP contribution is 2.20. The topological polar surface area (TPSA) is 66.5 Å². The molecule has 2 atom stereocenters. The highest BCUT2D eigenvalue weighted by molar-refractivity contribution is 4.70. The van der Waals surface area contributed by atoms with Crippen LogP contribution in [0.1, 0.15) is 27.2 Å². The van der Waals surface area contributed by atoms with E-state index < -0.39 is 12.3 Å². The van der Waals surface area contributed by atoms with E-state index in [9.17, 15) is 0 Å². The van der Waals surface area contributed by atoms with E-state index in [4.69, 9.17) is 15.9 Å². The van der Waals surface area contributed by atoms with Gasteiger partial charge in [-0.1, -0.05) is 20.8 Å². The molecule has 3 nitrogen and oxygen atoms in total. The minimum atomic E-state index is -1.11. The van der Waals surface area contributed by atoms with Crippen LogP contribution in [0.3, 0.4) is 0 Å². The van der Waals surface area contributed by atoms with Gasteiger partial charge in [0.1, 0.15) is 6.23 Å². The Hall–Kier alpha value is -0.120. The highest BCUT2D eigenvalue weighted by atomic mass is 16.3. The van der Waals surface area contributed by atoms with Crippen molar-refractivity contribution in [1.82, 2.24) is 0 Å². The molecule has 0 saturated heterocycles. The van der Waals surface area contributed by atoms with E-state index in [1.807, 2.05) is 20.8 Å². The van der Waals surface area contributed by atoms with Gasteiger partial charge in [-0.25, -0.2) is 0 Å². The van der Waals surface area contributed by atoms with Gasteiger partial charge in [-0.3, -0.25) is 0 Å². The molecular formula is C7H17NO2. The maximum absolute atomic E-state index is 9.09. The summed E-state index contributed by atoms with van der Waals surface area (Å²) >= 11 is 0. The third-order valence-corrected chi connectivity index (χ3v) is 1.22. The number of rotatable bonds is 2. The van der Waals surface area contributed by atoms with Crippen LogP contribution < -0.4 is 5.73 Å². The molecule has 0 aliphatic rings. The molecule has 62 valence electrons. The zero-order chi connectivity index (χ0) is 8.36. The summed E-state index contributed by atoms with van der Waals surface area (Å²) in [5.41, 5.74) is 5.06. The summed E-state index contributed by atoms with van der Waals surface area (Å²) in [6, 6.07) is 0. The summed E-state index contributed by atoms with van der Waals surface area (Å²) in [4.78, 5) is 0. The lowest BCUT2D eigenvalue weighted by Gasteiger charge is -2.23. The molecule has 3 heteroatoms. The number of hydrogen-bond donors (Lipinski definition) is 3. The van der Waals surface area contributed by atoms with E-state index in [1.165, 1.54) is 0 Å². The molecule has 0 amide bonds. The van der Waals surface area contributed by atoms with Crippen molar-refractivity contribution < 1.29 is 10.2 Å². The molecule has 0 saturated carbocycles. The Morgan fingerprint density at radius 2 is 1.70 bits per heavy atom. The lowest BCUT2D eigenvalue weighted by Crippen LogP contribution is -2.36. The van der Waals surface area contributed by atoms with Gasteiger partial charge in [-0.15, -0.1) is 0 Å². The predicted octanol–water partition coefficient (Wildman–Crippen LogP) is 0.0606. The molecule has 0 aromatic rings. The van der Waals surface area contributed by atoms with E-state index in [2.05, 4.69) is 0 Å². The Bertz CT molecular complexity index is 96.3. The molecule has 0 heterocycles. The zero-order valence-electron chi connectivity index (χ0n) is 6.83. The van der Waals surface area contributed by atoms with E-state index >= 15 is 0 Å². The first kappa shape index (κ1) is 9.88. The van der Waals surface area contributed by atoms with E-state index in [1.54, 1.807) is 0 Å². The normalized spacial score (nSPS) is 18.6. The van der Waals surface area contributed by atoms with Gasteiger partial charge in [0.15, 0.2) is 0 Å². The first-order valence-corrected chi connectivity index (χ1v) is 3.44. The molecule has 1 unspecified atom stereocenters. The Balaban J connectivity index is 3.68. The smallest absolute Gasteiger partial charge is 0.128 e. The SMILES string of the molecule is CC(C)(C)CC(O)[C@@H](N)O. The fourth-order valence-corrected chi connectivity index (χ4v) is 0.748. The van der Waals surface area contributed by atoms with Gasteiger partial charge in [0, 0.05) is 0 Å². The summed E-state index contributed by atoms with van der Waals surface area (Å²) in [7, 11) is 0. The van der Waals surface area contributed by atoms with Crippen LogP contribution in [0, 0.1) is 5.41 Å². The van der Waals surface area contributed by atoms with Gasteiger partial charge in [0.25, 0.3) is 0 Å². The molecule has 0 aromatic heterocycles. The molecule has 0 radical (unpaired) electrons. The van der Waals surface area contributed by atoms with Crippen LogP contribution in [0.25, 0.3) is 0 Å². The highest BCUT2D eigenvalue weighted by Gasteiger charge is 2.19. The Morgan fingerprint density at radius 3 is 1.80 bits per heavy atom. The molecule has 0 rings (SSSR count). The van der Waals surface area contributed by atoms with Crippen LogP contribution in [0.15, 0.2) is 0 Å². The predicted molar refractivity (Wildman–Crippen MR) is 40.3 cm³/mol. The molecule has 4 N–H and O–H groups in total. The minimum Gasteiger partial charge on any atom is -0.389 e. The fraction of sp³-hybridized carbons (Fsp3) is 1.00. The van der Waals surface area contributed by atoms with Crippen molar-refractivity contribution in [2.75, 3.05) is 0 Å². The lowest BCUT2D eigenvalue weighted by atomic mass is 9.89. The molecule has 0 aliphatic heterocycles. The monoisotopic (exact) mass is 147 g/mol. The Labute approximate surface area is 61.9 Å². The van der Waals surface area contributed by atoms with Gasteiger partial charge in [0.2, 0.25) is 0 Å². The first-order valence-electron chi connectivity index (χ1n) is 3.44. The largest absolute Gasteiger partial charge is 0.389 e. The van der Waals surface area contributed by atoms with Crippen LogP contribution in [0.2, 0.25) is 0 Å². The zero-order valence-corrected chi connectivity index (χ0v) is 6.83. The third kappa shape index (κ3) is 4.73. The molecule has 0 bridgehead atoms. The number of hydrogen-bond acceptors (Lipinski definition) is 3. The summed E-state index contributed by atoms with van der Waals surface area (Å²) in [5.74, 6) is 0. The molecule has 0 spiro atoms. The van der Waals surface area contributed by atoms with E-state index in [0.717, 1.165) is 0 Å². The van der Waals surface area contributed by atoms with Crippen LogP contribution in [-0.2, 0) is 0 Å². The van der Waals surface area contributed by atoms with Crippen molar-refractivity contribution in [3.63, 3.8) is 0 Å². The van der Waals surface area contributed by atoms with Gasteiger partial charge in [-0.2, -0.15) is 0 Å². The second kappa shape index (κ2) is 3.32. The molecule has 0 aromatic carbocycles. The van der Waals surface area contributed by atoms with Crippen molar-refractivity contribution in [2.24, 2.45) is 11.1 Å². The van der Waals surface area contributed by atoms with Gasteiger partial charge in [0.05, 0.1) is 6.10 Å². The Kier molecular flexibility index (Phi) is 3.28. The van der Waals surface area contributed by atoms with Crippen molar-refractivity contribution in [1.29, 1.82) is 0 Å². The quantitative estimate of drug-likeness (QED) is 0.484. The Morgan fingerprint density at radius 1 is 1.30 bits per heavy atom. The molecule has 0 fully saturated rings. The van der Waals surface area contributed by atoms with Crippen LogP contribution in [-0.4, -0.2) is 22.5 Å². The number of nitrogens with two attached hydrogens (primary N) is 1. The van der Waals surface area contributed by atoms with Crippen LogP contribution in [0.4, 0.5) is 0 Å². The summed E-state index contributed by atoms with van der Waals surface area (Å²) in [6.07, 6.45) is -1.40. The van der Waals surface area contributed by atoms with E-state index in [0.29, 0.717) is 6.42 Å². The fourth-order valence-electron chi connectivity index (χ4n) is 0.748. The summed E-state index contributed by atoms with van der Waals surface area (Å²) in [6.45, 7) is 5.95. The lowest BCUT2D eigenvalue weighted by molar-refractivity contribution is 0.0000482. The molecule has 0 aliphatic carbocycles. The average molecular weight is 147 g/mol. The van der Waals surface area contributed by atoms with Crippen LogP contribution >= 0.6 is 0 Å². The maximum atomic E-state index is 9.09. The van der Waals surface area contributed by atoms with Crippen molar-refractivity contribution in [3.05, 3.63) is 0 Å². The van der Waals surface area contributed by atoms with Gasteiger partial charge in [-0.05, 0) is 11.8 Å². The second-order valence-electron chi connectivity index (χ2n) is 3.82. The second-order valence-corrected chi connectivity index (χ2v) is 3.82. The molecule has 10 heavy (non-hydrogen) atoms. The van der Waals surface area contributed by atoms with Crippen molar-refractivity contribution >= 4 is 0 Å². The van der Waals surface area contributed by atoms with E-state index in [-0.39, 0.29) is 5.41 Å². The number of aliphatic hydroxyl groups is 2. The van der Waals surface area contributed by atoms with Crippen LogP contribution in [0.5, 0.6) is 0 Å². The number of aliphatic hydroxyl groups excluding tert-OH is 2. The standard InChI is InChI=1S/C7H17NO2/c1-7(2,3)4-5(9)6(8)10/h5-6,9-10H,4,8H2,1-3H3/t5?,6-/m0/s1. The van der Waals surface area contributed by atoms with Crippen molar-refractivity contribution in [2.45, 2.75) is 39.5 Å². The summed E-state index contributed by atoms with van der Waals surface area (Å²) < 4.78 is 0. The average Bonchev–Trinajstić information content (AvgIpc) is 1.60. The van der Waals surface area contributed by atoms with Crippen molar-refractivity contribution in [3.8, 4) is 0 Å². The first-order chi connectivity index (χ1) is 4.33. The molecular weight excluding hydrogens is 130 g/mol. The maximum Gasteiger partial charge on any atom is 0.128 e.